The Morgan fingerprint density at radius 2 is 2.20 bits per heavy atom. The molecule has 2 aromatic rings. The van der Waals surface area contributed by atoms with Gasteiger partial charge in [-0.15, -0.1) is 0 Å². The Kier molecular flexibility index (Phi) is 3.79. The first-order valence-electron chi connectivity index (χ1n) is 6.59. The van der Waals surface area contributed by atoms with E-state index in [9.17, 15) is 4.79 Å². The van der Waals surface area contributed by atoms with Crippen LogP contribution in [0.15, 0.2) is 6.33 Å². The molecule has 1 amide bonds. The van der Waals surface area contributed by atoms with Crippen LogP contribution >= 0.6 is 11.6 Å². The van der Waals surface area contributed by atoms with Crippen LogP contribution in [0.25, 0.3) is 11.2 Å². The van der Waals surface area contributed by atoms with Crippen molar-refractivity contribution < 1.29 is 4.79 Å². The highest BCUT2D eigenvalue weighted by Crippen LogP contribution is 2.20. The smallest absolute Gasteiger partial charge is 0.233 e. The van der Waals surface area contributed by atoms with Crippen molar-refractivity contribution in [3.63, 3.8) is 0 Å². The topological polar surface area (TPSA) is 95.6 Å². The summed E-state index contributed by atoms with van der Waals surface area (Å²) in [5.74, 6) is 0.539. The summed E-state index contributed by atoms with van der Waals surface area (Å²) in [6, 6.07) is 0. The fourth-order valence-electron chi connectivity index (χ4n) is 2.38. The summed E-state index contributed by atoms with van der Waals surface area (Å²) in [5.41, 5.74) is 1.02. The number of hydrogen-bond donors (Lipinski definition) is 3. The first-order chi connectivity index (χ1) is 9.72. The van der Waals surface area contributed by atoms with Gasteiger partial charge in [0.25, 0.3) is 0 Å². The lowest BCUT2D eigenvalue weighted by Crippen LogP contribution is -2.30. The molecule has 0 saturated carbocycles. The van der Waals surface area contributed by atoms with Crippen LogP contribution in [-0.4, -0.2) is 38.9 Å². The Hall–Kier alpha value is -1.73. The Morgan fingerprint density at radius 1 is 1.40 bits per heavy atom. The molecule has 1 aliphatic rings. The number of anilines is 1. The second-order valence-electron chi connectivity index (χ2n) is 4.88. The van der Waals surface area contributed by atoms with Gasteiger partial charge in [0, 0.05) is 6.42 Å². The van der Waals surface area contributed by atoms with Crippen molar-refractivity contribution in [2.24, 2.45) is 5.92 Å². The second-order valence-corrected chi connectivity index (χ2v) is 5.24. The average molecular weight is 295 g/mol. The molecule has 20 heavy (non-hydrogen) atoms. The second kappa shape index (κ2) is 5.72. The molecule has 3 rings (SSSR count). The van der Waals surface area contributed by atoms with Crippen molar-refractivity contribution in [3.05, 3.63) is 11.5 Å². The predicted molar refractivity (Wildman–Crippen MR) is 75.5 cm³/mol. The van der Waals surface area contributed by atoms with Gasteiger partial charge in [0.15, 0.2) is 10.8 Å². The highest BCUT2D eigenvalue weighted by atomic mass is 35.5. The number of fused-ring (bicyclic) bond motifs is 1. The van der Waals surface area contributed by atoms with E-state index in [0.29, 0.717) is 23.5 Å². The van der Waals surface area contributed by atoms with Gasteiger partial charge < -0.3 is 10.3 Å². The zero-order valence-electron chi connectivity index (χ0n) is 10.8. The molecule has 0 aromatic carbocycles. The van der Waals surface area contributed by atoms with Gasteiger partial charge in [-0.25, -0.2) is 4.98 Å². The number of nitrogens with zero attached hydrogens (tertiary/aromatic N) is 3. The average Bonchev–Trinajstić information content (AvgIpc) is 2.88. The minimum absolute atomic E-state index is 0.0807. The van der Waals surface area contributed by atoms with Gasteiger partial charge in [0.2, 0.25) is 11.9 Å². The number of imidazole rings is 1. The molecule has 0 spiro atoms. The third kappa shape index (κ3) is 2.88. The maximum atomic E-state index is 12.0. The molecule has 0 radical (unpaired) electrons. The van der Waals surface area contributed by atoms with Crippen LogP contribution in [0.5, 0.6) is 0 Å². The molecule has 7 nitrogen and oxygen atoms in total. The minimum Gasteiger partial charge on any atom is -0.341 e. The summed E-state index contributed by atoms with van der Waals surface area (Å²) in [5, 5.41) is 6.22. The molecule has 3 N–H and O–H groups in total. The summed E-state index contributed by atoms with van der Waals surface area (Å²) in [6.07, 6.45) is 4.02. The van der Waals surface area contributed by atoms with Crippen LogP contribution < -0.4 is 10.6 Å². The number of rotatable bonds is 3. The number of H-pyrrole nitrogens is 1. The molecular weight excluding hydrogens is 280 g/mol. The monoisotopic (exact) mass is 294 g/mol. The van der Waals surface area contributed by atoms with E-state index in [2.05, 4.69) is 30.6 Å². The van der Waals surface area contributed by atoms with Gasteiger partial charge in [0.1, 0.15) is 5.52 Å². The van der Waals surface area contributed by atoms with Crippen LogP contribution in [0.3, 0.4) is 0 Å². The Bertz CT molecular complexity index is 621. The number of aromatic nitrogens is 4. The summed E-state index contributed by atoms with van der Waals surface area (Å²) in [6.45, 7) is 1.94. The first kappa shape index (κ1) is 13.3. The lowest BCUT2D eigenvalue weighted by atomic mass is 9.94. The quantitative estimate of drug-likeness (QED) is 0.742. The van der Waals surface area contributed by atoms with E-state index in [1.807, 2.05) is 0 Å². The van der Waals surface area contributed by atoms with Crippen molar-refractivity contribution in [3.8, 4) is 0 Å². The maximum absolute atomic E-state index is 12.0. The normalized spacial score (nSPS) is 16.4. The molecule has 1 aliphatic heterocycles. The summed E-state index contributed by atoms with van der Waals surface area (Å²) in [7, 11) is 0. The van der Waals surface area contributed by atoms with Crippen molar-refractivity contribution in [2.45, 2.75) is 19.3 Å². The van der Waals surface area contributed by atoms with Crippen molar-refractivity contribution in [1.29, 1.82) is 0 Å². The first-order valence-corrected chi connectivity index (χ1v) is 6.97. The summed E-state index contributed by atoms with van der Waals surface area (Å²) in [4.78, 5) is 27.0. The molecule has 1 saturated heterocycles. The van der Waals surface area contributed by atoms with E-state index < -0.39 is 0 Å². The summed E-state index contributed by atoms with van der Waals surface area (Å²) >= 11 is 6.00. The van der Waals surface area contributed by atoms with E-state index in [1.54, 1.807) is 0 Å². The molecular formula is C12H15ClN6O. The zero-order chi connectivity index (χ0) is 13.9. The standard InChI is InChI=1S/C12H15ClN6O/c13-10-9-11(16-6-15-9)19-12(18-10)17-8(20)5-7-1-3-14-4-2-7/h6-7,14H,1-5H2,(H2,15,16,17,18,19,20). The van der Waals surface area contributed by atoms with Crippen molar-refractivity contribution >= 4 is 34.6 Å². The lowest BCUT2D eigenvalue weighted by Gasteiger charge is -2.21. The van der Waals surface area contributed by atoms with Crippen molar-refractivity contribution in [1.82, 2.24) is 25.3 Å². The third-order valence-corrected chi connectivity index (χ3v) is 3.70. The maximum Gasteiger partial charge on any atom is 0.233 e. The molecule has 0 atom stereocenters. The molecule has 106 valence electrons. The van der Waals surface area contributed by atoms with Gasteiger partial charge in [-0.1, -0.05) is 11.6 Å². The zero-order valence-corrected chi connectivity index (χ0v) is 11.6. The SMILES string of the molecule is O=C(CC1CCNCC1)Nc1nc(Cl)c2[nH]cnc2n1. The van der Waals surface area contributed by atoms with Gasteiger partial charge >= 0.3 is 0 Å². The van der Waals surface area contributed by atoms with E-state index in [1.165, 1.54) is 6.33 Å². The molecule has 2 aromatic heterocycles. The third-order valence-electron chi connectivity index (χ3n) is 3.43. The Morgan fingerprint density at radius 3 is 3.00 bits per heavy atom. The molecule has 0 bridgehead atoms. The molecule has 3 heterocycles. The highest BCUT2D eigenvalue weighted by Gasteiger charge is 2.18. The number of nitrogens with one attached hydrogen (secondary N) is 3. The van der Waals surface area contributed by atoms with Gasteiger partial charge in [-0.3, -0.25) is 10.1 Å². The highest BCUT2D eigenvalue weighted by molar-refractivity contribution is 6.33. The van der Waals surface area contributed by atoms with Crippen molar-refractivity contribution in [2.75, 3.05) is 18.4 Å². The number of hydrogen-bond acceptors (Lipinski definition) is 5. The number of aromatic amines is 1. The van der Waals surface area contributed by atoms with Crippen LogP contribution in [0.1, 0.15) is 19.3 Å². The number of carbonyl (C=O) groups excluding carboxylic acids is 1. The number of carbonyl (C=O) groups is 1. The van der Waals surface area contributed by atoms with Gasteiger partial charge in [0.05, 0.1) is 6.33 Å². The van der Waals surface area contributed by atoms with E-state index in [4.69, 9.17) is 11.6 Å². The fraction of sp³-hybridized carbons (Fsp3) is 0.500. The van der Waals surface area contributed by atoms with E-state index in [-0.39, 0.29) is 17.0 Å². The summed E-state index contributed by atoms with van der Waals surface area (Å²) < 4.78 is 0. The van der Waals surface area contributed by atoms with Crippen LogP contribution in [0.4, 0.5) is 5.95 Å². The van der Waals surface area contributed by atoms with E-state index >= 15 is 0 Å². The predicted octanol–water partition coefficient (Wildman–Crippen LogP) is 1.33. The number of amides is 1. The molecule has 1 fully saturated rings. The van der Waals surface area contributed by atoms with Crippen LogP contribution in [0.2, 0.25) is 5.15 Å². The van der Waals surface area contributed by atoms with Gasteiger partial charge in [-0.2, -0.15) is 9.97 Å². The fourth-order valence-corrected chi connectivity index (χ4v) is 2.60. The number of piperidine rings is 1. The van der Waals surface area contributed by atoms with Crippen LogP contribution in [-0.2, 0) is 4.79 Å². The Labute approximate surface area is 120 Å². The van der Waals surface area contributed by atoms with Gasteiger partial charge in [-0.05, 0) is 31.8 Å². The molecule has 0 aliphatic carbocycles. The molecule has 8 heteroatoms. The Balaban J connectivity index is 1.67. The van der Waals surface area contributed by atoms with Crippen LogP contribution in [0, 0.1) is 5.92 Å². The molecule has 0 unspecified atom stereocenters. The largest absolute Gasteiger partial charge is 0.341 e. The minimum atomic E-state index is -0.0807. The van der Waals surface area contributed by atoms with E-state index in [0.717, 1.165) is 25.9 Å². The lowest BCUT2D eigenvalue weighted by molar-refractivity contribution is -0.117. The number of halogens is 1.